The number of anilines is 1. The van der Waals surface area contributed by atoms with Crippen LogP contribution in [0.15, 0.2) is 45.8 Å². The highest BCUT2D eigenvalue weighted by Gasteiger charge is 2.21. The molecule has 0 spiro atoms. The van der Waals surface area contributed by atoms with Gasteiger partial charge in [0, 0.05) is 16.2 Å². The van der Waals surface area contributed by atoms with Crippen molar-refractivity contribution in [2.24, 2.45) is 0 Å². The quantitative estimate of drug-likeness (QED) is 0.838. The molecule has 0 radical (unpaired) electrons. The van der Waals surface area contributed by atoms with Crippen LogP contribution in [0.2, 0.25) is 0 Å². The average molecular weight is 397 g/mol. The van der Waals surface area contributed by atoms with Gasteiger partial charge in [-0.25, -0.2) is 8.42 Å². The number of nitrogens with one attached hydrogen (secondary N) is 1. The summed E-state index contributed by atoms with van der Waals surface area (Å²) < 4.78 is 38.1. The lowest BCUT2D eigenvalue weighted by Crippen LogP contribution is -2.14. The van der Waals surface area contributed by atoms with E-state index in [0.717, 1.165) is 0 Å². The van der Waals surface area contributed by atoms with Crippen LogP contribution in [0.4, 0.5) is 5.69 Å². The third kappa shape index (κ3) is 3.75. The normalized spacial score (nSPS) is 10.7. The summed E-state index contributed by atoms with van der Waals surface area (Å²) in [6, 6.07) is 11.0. The van der Waals surface area contributed by atoms with E-state index in [-0.39, 0.29) is 4.90 Å². The van der Waals surface area contributed by atoms with E-state index in [2.05, 4.69) is 20.7 Å². The first-order valence-electron chi connectivity index (χ1n) is 6.35. The van der Waals surface area contributed by atoms with E-state index in [1.165, 1.54) is 50.6 Å². The fourth-order valence-electron chi connectivity index (χ4n) is 1.86. The molecule has 2 aromatic carbocycles. The van der Waals surface area contributed by atoms with Gasteiger partial charge in [0.25, 0.3) is 10.0 Å². The second-order valence-corrected chi connectivity index (χ2v) is 6.94. The van der Waals surface area contributed by atoms with Gasteiger partial charge in [-0.15, -0.1) is 0 Å². The van der Waals surface area contributed by atoms with Crippen molar-refractivity contribution in [1.82, 2.24) is 0 Å². The van der Waals surface area contributed by atoms with E-state index in [0.29, 0.717) is 27.2 Å². The third-order valence-electron chi connectivity index (χ3n) is 2.99. The molecule has 0 bridgehead atoms. The number of sulfonamides is 1. The molecule has 0 aliphatic carbocycles. The molecular formula is C15H13BrN2O4S. The van der Waals surface area contributed by atoms with Gasteiger partial charge in [-0.3, -0.25) is 4.72 Å². The van der Waals surface area contributed by atoms with E-state index >= 15 is 0 Å². The zero-order valence-corrected chi connectivity index (χ0v) is 14.7. The van der Waals surface area contributed by atoms with Crippen molar-refractivity contribution >= 4 is 31.6 Å². The predicted molar refractivity (Wildman–Crippen MR) is 89.2 cm³/mol. The van der Waals surface area contributed by atoms with Crippen LogP contribution in [-0.2, 0) is 10.0 Å². The minimum absolute atomic E-state index is 0.0134. The highest BCUT2D eigenvalue weighted by Crippen LogP contribution is 2.36. The molecule has 120 valence electrons. The molecule has 0 fully saturated rings. The van der Waals surface area contributed by atoms with Gasteiger partial charge in [0.15, 0.2) is 11.5 Å². The van der Waals surface area contributed by atoms with Gasteiger partial charge in [-0.2, -0.15) is 5.26 Å². The summed E-state index contributed by atoms with van der Waals surface area (Å²) in [5.74, 6) is 0.715. The van der Waals surface area contributed by atoms with Crippen molar-refractivity contribution in [3.63, 3.8) is 0 Å². The summed E-state index contributed by atoms with van der Waals surface area (Å²) in [5, 5.41) is 8.76. The van der Waals surface area contributed by atoms with Crippen LogP contribution in [-0.4, -0.2) is 22.6 Å². The standard InChI is InChI=1S/C15H13BrN2O4S/c1-21-13-7-12(16)15(8-14(13)22-2)23(19,20)18-11-5-3-10(9-17)4-6-11/h3-8,18H,1-2H3. The zero-order valence-electron chi connectivity index (χ0n) is 12.3. The Hall–Kier alpha value is -2.24. The van der Waals surface area contributed by atoms with Crippen LogP contribution in [0, 0.1) is 11.3 Å². The molecule has 0 saturated heterocycles. The van der Waals surface area contributed by atoms with Crippen LogP contribution in [0.25, 0.3) is 0 Å². The lowest BCUT2D eigenvalue weighted by molar-refractivity contribution is 0.353. The van der Waals surface area contributed by atoms with Gasteiger partial charge in [-0.05, 0) is 46.3 Å². The second kappa shape index (κ2) is 6.89. The summed E-state index contributed by atoms with van der Waals surface area (Å²) in [6.45, 7) is 0. The van der Waals surface area contributed by atoms with E-state index < -0.39 is 10.0 Å². The maximum atomic E-state index is 12.5. The summed E-state index contributed by atoms with van der Waals surface area (Å²) in [6.07, 6.45) is 0. The van der Waals surface area contributed by atoms with Gasteiger partial charge in [0.2, 0.25) is 0 Å². The molecule has 0 aliphatic rings. The van der Waals surface area contributed by atoms with E-state index in [4.69, 9.17) is 14.7 Å². The fourth-order valence-corrected chi connectivity index (χ4v) is 3.96. The Bertz CT molecular complexity index is 858. The predicted octanol–water partition coefficient (Wildman–Crippen LogP) is 3.14. The van der Waals surface area contributed by atoms with Crippen molar-refractivity contribution in [2.75, 3.05) is 18.9 Å². The Kier molecular flexibility index (Phi) is 5.13. The number of nitriles is 1. The molecule has 0 atom stereocenters. The van der Waals surface area contributed by atoms with Gasteiger partial charge in [0.05, 0.1) is 25.9 Å². The van der Waals surface area contributed by atoms with Crippen molar-refractivity contribution < 1.29 is 17.9 Å². The van der Waals surface area contributed by atoms with Crippen LogP contribution < -0.4 is 14.2 Å². The molecule has 0 saturated carbocycles. The number of benzene rings is 2. The number of nitrogens with zero attached hydrogens (tertiary/aromatic N) is 1. The SMILES string of the molecule is COc1cc(Br)c(S(=O)(=O)Nc2ccc(C#N)cc2)cc1OC. The number of rotatable bonds is 5. The molecule has 6 nitrogen and oxygen atoms in total. The Morgan fingerprint density at radius 1 is 1.09 bits per heavy atom. The molecule has 2 rings (SSSR count). The summed E-state index contributed by atoms with van der Waals surface area (Å²) in [7, 11) is -0.944. The molecule has 0 amide bonds. The summed E-state index contributed by atoms with van der Waals surface area (Å²) >= 11 is 3.23. The van der Waals surface area contributed by atoms with Gasteiger partial charge in [-0.1, -0.05) is 0 Å². The Labute approximate surface area is 142 Å². The number of methoxy groups -OCH3 is 2. The largest absolute Gasteiger partial charge is 0.493 e. The first-order valence-corrected chi connectivity index (χ1v) is 8.63. The minimum Gasteiger partial charge on any atom is -0.493 e. The number of hydrogen-bond donors (Lipinski definition) is 1. The molecular weight excluding hydrogens is 384 g/mol. The lowest BCUT2D eigenvalue weighted by atomic mass is 10.2. The first kappa shape index (κ1) is 17.1. The Morgan fingerprint density at radius 3 is 2.17 bits per heavy atom. The van der Waals surface area contributed by atoms with Gasteiger partial charge < -0.3 is 9.47 Å². The molecule has 2 aromatic rings. The maximum absolute atomic E-state index is 12.5. The van der Waals surface area contributed by atoms with Crippen LogP contribution in [0.3, 0.4) is 0 Å². The molecule has 0 unspecified atom stereocenters. The Morgan fingerprint density at radius 2 is 1.65 bits per heavy atom. The van der Waals surface area contributed by atoms with Gasteiger partial charge >= 0.3 is 0 Å². The highest BCUT2D eigenvalue weighted by atomic mass is 79.9. The van der Waals surface area contributed by atoms with Gasteiger partial charge in [0.1, 0.15) is 4.90 Å². The summed E-state index contributed by atoms with van der Waals surface area (Å²) in [4.78, 5) is 0.0134. The second-order valence-electron chi connectivity index (χ2n) is 4.43. The monoisotopic (exact) mass is 396 g/mol. The molecule has 1 N–H and O–H groups in total. The first-order chi connectivity index (χ1) is 10.9. The highest BCUT2D eigenvalue weighted by molar-refractivity contribution is 9.10. The molecule has 8 heteroatoms. The summed E-state index contributed by atoms with van der Waals surface area (Å²) in [5.41, 5.74) is 0.797. The smallest absolute Gasteiger partial charge is 0.263 e. The minimum atomic E-state index is -3.84. The Balaban J connectivity index is 2.41. The fraction of sp³-hybridized carbons (Fsp3) is 0.133. The zero-order chi connectivity index (χ0) is 17.0. The average Bonchev–Trinajstić information content (AvgIpc) is 2.54. The van der Waals surface area contributed by atoms with E-state index in [1.54, 1.807) is 0 Å². The lowest BCUT2D eigenvalue weighted by Gasteiger charge is -2.13. The van der Waals surface area contributed by atoms with Crippen LogP contribution >= 0.6 is 15.9 Å². The molecule has 0 heterocycles. The maximum Gasteiger partial charge on any atom is 0.263 e. The number of ether oxygens (including phenoxy) is 2. The molecule has 23 heavy (non-hydrogen) atoms. The molecule has 0 aromatic heterocycles. The third-order valence-corrected chi connectivity index (χ3v) is 5.33. The van der Waals surface area contributed by atoms with Crippen molar-refractivity contribution in [3.05, 3.63) is 46.4 Å². The van der Waals surface area contributed by atoms with Crippen molar-refractivity contribution in [2.45, 2.75) is 4.90 Å². The van der Waals surface area contributed by atoms with Crippen molar-refractivity contribution in [3.8, 4) is 17.6 Å². The van der Waals surface area contributed by atoms with E-state index in [1.807, 2.05) is 6.07 Å². The van der Waals surface area contributed by atoms with Crippen molar-refractivity contribution in [1.29, 1.82) is 5.26 Å². The topological polar surface area (TPSA) is 88.4 Å². The van der Waals surface area contributed by atoms with Crippen LogP contribution in [0.1, 0.15) is 5.56 Å². The van der Waals surface area contributed by atoms with Crippen LogP contribution in [0.5, 0.6) is 11.5 Å². The number of halogens is 1. The molecule has 0 aliphatic heterocycles. The number of hydrogen-bond acceptors (Lipinski definition) is 5. The van der Waals surface area contributed by atoms with E-state index in [9.17, 15) is 8.42 Å².